The fraction of sp³-hybridized carbons (Fsp3) is 0.133. The van der Waals surface area contributed by atoms with E-state index in [0.29, 0.717) is 12.2 Å². The van der Waals surface area contributed by atoms with Crippen molar-refractivity contribution in [2.45, 2.75) is 13.3 Å². The van der Waals surface area contributed by atoms with Crippen LogP contribution in [0, 0.1) is 11.6 Å². The molecule has 2 aromatic rings. The standard InChI is InChI=1S/C15H14F2N2O2/c1-2-9-5-3-4-6-13(9)21-14-11(16)7-10(8-12(14)17)15(18)19-20/h3-8,20H,2H2,1H3,(H2,18,19). The number of hydrogen-bond donors (Lipinski definition) is 2. The molecule has 0 saturated carbocycles. The minimum atomic E-state index is -0.928. The second-order valence-electron chi connectivity index (χ2n) is 4.32. The second kappa shape index (κ2) is 6.21. The van der Waals surface area contributed by atoms with Crippen molar-refractivity contribution in [1.29, 1.82) is 0 Å². The van der Waals surface area contributed by atoms with Crippen molar-refractivity contribution in [3.8, 4) is 11.5 Å². The van der Waals surface area contributed by atoms with Gasteiger partial charge in [-0.2, -0.15) is 0 Å². The number of halogens is 2. The molecule has 2 rings (SSSR count). The summed E-state index contributed by atoms with van der Waals surface area (Å²) in [5.74, 6) is -2.38. The molecule has 2 aromatic carbocycles. The summed E-state index contributed by atoms with van der Waals surface area (Å²) in [6.45, 7) is 1.91. The molecule has 21 heavy (non-hydrogen) atoms. The lowest BCUT2D eigenvalue weighted by molar-refractivity contribution is 0.318. The van der Waals surface area contributed by atoms with Crippen molar-refractivity contribution < 1.29 is 18.7 Å². The number of ether oxygens (including phenoxy) is 1. The fourth-order valence-electron chi connectivity index (χ4n) is 1.87. The first kappa shape index (κ1) is 14.8. The molecule has 0 aliphatic rings. The Morgan fingerprint density at radius 1 is 1.24 bits per heavy atom. The number of benzene rings is 2. The van der Waals surface area contributed by atoms with E-state index < -0.39 is 17.4 Å². The Labute approximate surface area is 120 Å². The number of aryl methyl sites for hydroxylation is 1. The topological polar surface area (TPSA) is 67.8 Å². The normalized spacial score (nSPS) is 11.5. The van der Waals surface area contributed by atoms with Crippen LogP contribution >= 0.6 is 0 Å². The van der Waals surface area contributed by atoms with Gasteiger partial charge in [0.25, 0.3) is 0 Å². The SMILES string of the molecule is CCc1ccccc1Oc1c(F)cc(/C(N)=N/O)cc1F. The Balaban J connectivity index is 2.41. The Kier molecular flexibility index (Phi) is 4.37. The van der Waals surface area contributed by atoms with Crippen LogP contribution in [-0.4, -0.2) is 11.0 Å². The van der Waals surface area contributed by atoms with Crippen molar-refractivity contribution in [2.75, 3.05) is 0 Å². The Bertz CT molecular complexity index is 664. The number of amidine groups is 1. The van der Waals surface area contributed by atoms with Crippen molar-refractivity contribution >= 4 is 5.84 Å². The zero-order valence-electron chi connectivity index (χ0n) is 11.3. The molecular weight excluding hydrogens is 278 g/mol. The van der Waals surface area contributed by atoms with E-state index in [4.69, 9.17) is 15.7 Å². The van der Waals surface area contributed by atoms with Crippen LogP contribution in [0.3, 0.4) is 0 Å². The zero-order chi connectivity index (χ0) is 15.4. The zero-order valence-corrected chi connectivity index (χ0v) is 11.3. The van der Waals surface area contributed by atoms with Gasteiger partial charge in [0.05, 0.1) is 0 Å². The molecule has 0 heterocycles. The molecule has 0 spiro atoms. The van der Waals surface area contributed by atoms with Crippen LogP contribution in [-0.2, 0) is 6.42 Å². The van der Waals surface area contributed by atoms with Crippen LogP contribution in [0.15, 0.2) is 41.6 Å². The van der Waals surface area contributed by atoms with E-state index in [2.05, 4.69) is 5.16 Å². The quantitative estimate of drug-likeness (QED) is 0.393. The highest BCUT2D eigenvalue weighted by Crippen LogP contribution is 2.30. The monoisotopic (exact) mass is 292 g/mol. The molecule has 110 valence electrons. The van der Waals surface area contributed by atoms with Crippen LogP contribution in [0.25, 0.3) is 0 Å². The maximum atomic E-state index is 14.0. The van der Waals surface area contributed by atoms with E-state index in [-0.39, 0.29) is 11.4 Å². The Hall–Kier alpha value is -2.63. The first-order valence-corrected chi connectivity index (χ1v) is 6.29. The largest absolute Gasteiger partial charge is 0.451 e. The summed E-state index contributed by atoms with van der Waals surface area (Å²) < 4.78 is 33.3. The maximum absolute atomic E-state index is 14.0. The molecule has 0 atom stereocenters. The third-order valence-corrected chi connectivity index (χ3v) is 2.97. The summed E-state index contributed by atoms with van der Waals surface area (Å²) in [4.78, 5) is 0. The van der Waals surface area contributed by atoms with Gasteiger partial charge in [0.15, 0.2) is 23.2 Å². The van der Waals surface area contributed by atoms with Crippen LogP contribution in [0.5, 0.6) is 11.5 Å². The Morgan fingerprint density at radius 3 is 2.43 bits per heavy atom. The van der Waals surface area contributed by atoms with Crippen LogP contribution in [0.4, 0.5) is 8.78 Å². The summed E-state index contributed by atoms with van der Waals surface area (Å²) in [7, 11) is 0. The van der Waals surface area contributed by atoms with Gasteiger partial charge in [-0.1, -0.05) is 30.3 Å². The molecular formula is C15H14F2N2O2. The highest BCUT2D eigenvalue weighted by Gasteiger charge is 2.16. The second-order valence-corrected chi connectivity index (χ2v) is 4.32. The molecule has 0 aliphatic heterocycles. The summed E-state index contributed by atoms with van der Waals surface area (Å²) in [5.41, 5.74) is 6.07. The molecule has 0 aromatic heterocycles. The van der Waals surface area contributed by atoms with Crippen LogP contribution in [0.2, 0.25) is 0 Å². The molecule has 6 heteroatoms. The van der Waals surface area contributed by atoms with Gasteiger partial charge in [0, 0.05) is 5.56 Å². The first-order valence-electron chi connectivity index (χ1n) is 6.29. The molecule has 3 N–H and O–H groups in total. The number of nitrogens with two attached hydrogens (primary N) is 1. The van der Waals surface area contributed by atoms with E-state index >= 15 is 0 Å². The van der Waals surface area contributed by atoms with E-state index in [0.717, 1.165) is 17.7 Å². The molecule has 0 saturated heterocycles. The predicted octanol–water partition coefficient (Wildman–Crippen LogP) is 3.41. The highest BCUT2D eigenvalue weighted by atomic mass is 19.1. The summed E-state index contributed by atoms with van der Waals surface area (Å²) >= 11 is 0. The Morgan fingerprint density at radius 2 is 1.86 bits per heavy atom. The van der Waals surface area contributed by atoms with Gasteiger partial charge in [0.2, 0.25) is 0 Å². The summed E-state index contributed by atoms with van der Waals surface area (Å²) in [6.07, 6.45) is 0.668. The van der Waals surface area contributed by atoms with Crippen molar-refractivity contribution in [3.05, 3.63) is 59.2 Å². The van der Waals surface area contributed by atoms with Crippen LogP contribution < -0.4 is 10.5 Å². The van der Waals surface area contributed by atoms with Crippen molar-refractivity contribution in [3.63, 3.8) is 0 Å². The van der Waals surface area contributed by atoms with Gasteiger partial charge in [-0.25, -0.2) is 8.78 Å². The van der Waals surface area contributed by atoms with Crippen molar-refractivity contribution in [2.24, 2.45) is 10.9 Å². The number of oxime groups is 1. The van der Waals surface area contributed by atoms with E-state index in [1.807, 2.05) is 19.1 Å². The molecule has 0 fully saturated rings. The third kappa shape index (κ3) is 3.10. The van der Waals surface area contributed by atoms with Gasteiger partial charge in [-0.05, 0) is 30.2 Å². The molecule has 0 radical (unpaired) electrons. The summed E-state index contributed by atoms with van der Waals surface area (Å²) in [5, 5.41) is 11.2. The van der Waals surface area contributed by atoms with E-state index in [1.54, 1.807) is 12.1 Å². The lowest BCUT2D eigenvalue weighted by Gasteiger charge is -2.12. The van der Waals surface area contributed by atoms with Crippen molar-refractivity contribution in [1.82, 2.24) is 0 Å². The molecule has 0 aliphatic carbocycles. The average molecular weight is 292 g/mol. The number of rotatable bonds is 4. The molecule has 0 amide bonds. The lowest BCUT2D eigenvalue weighted by atomic mass is 10.1. The van der Waals surface area contributed by atoms with Gasteiger partial charge in [-0.3, -0.25) is 0 Å². The summed E-state index contributed by atoms with van der Waals surface area (Å²) in [6, 6.07) is 8.88. The van der Waals surface area contributed by atoms with Gasteiger partial charge in [0.1, 0.15) is 5.75 Å². The number of nitrogens with zero attached hydrogens (tertiary/aromatic N) is 1. The third-order valence-electron chi connectivity index (χ3n) is 2.97. The van der Waals surface area contributed by atoms with Gasteiger partial charge >= 0.3 is 0 Å². The average Bonchev–Trinajstić information content (AvgIpc) is 2.50. The smallest absolute Gasteiger partial charge is 0.198 e. The first-order chi connectivity index (χ1) is 10.1. The lowest BCUT2D eigenvalue weighted by Crippen LogP contribution is -2.14. The maximum Gasteiger partial charge on any atom is 0.198 e. The van der Waals surface area contributed by atoms with E-state index in [1.165, 1.54) is 0 Å². The minimum Gasteiger partial charge on any atom is -0.451 e. The molecule has 4 nitrogen and oxygen atoms in total. The molecule has 0 unspecified atom stereocenters. The molecule has 0 bridgehead atoms. The predicted molar refractivity (Wildman–Crippen MR) is 74.8 cm³/mol. The minimum absolute atomic E-state index is 0.0661. The fourth-order valence-corrected chi connectivity index (χ4v) is 1.87. The van der Waals surface area contributed by atoms with Gasteiger partial charge < -0.3 is 15.7 Å². The van der Waals surface area contributed by atoms with E-state index in [9.17, 15) is 8.78 Å². The highest BCUT2D eigenvalue weighted by molar-refractivity contribution is 5.97. The van der Waals surface area contributed by atoms with Gasteiger partial charge in [-0.15, -0.1) is 0 Å². The number of para-hydroxylation sites is 1. The number of hydrogen-bond acceptors (Lipinski definition) is 3. The van der Waals surface area contributed by atoms with Crippen LogP contribution in [0.1, 0.15) is 18.1 Å².